The number of hydrogen-bond acceptors (Lipinski definition) is 3. The van der Waals surface area contributed by atoms with Crippen molar-refractivity contribution in [1.82, 2.24) is 9.97 Å². The quantitative estimate of drug-likeness (QED) is 0.869. The van der Waals surface area contributed by atoms with E-state index in [4.69, 9.17) is 0 Å². The summed E-state index contributed by atoms with van der Waals surface area (Å²) < 4.78 is 0. The zero-order valence-corrected chi connectivity index (χ0v) is 11.7. The first kappa shape index (κ1) is 11.9. The van der Waals surface area contributed by atoms with Gasteiger partial charge in [-0.3, -0.25) is 0 Å². The van der Waals surface area contributed by atoms with E-state index >= 15 is 0 Å². The second kappa shape index (κ2) is 4.22. The molecule has 0 aromatic carbocycles. The molecule has 1 saturated carbocycles. The normalized spacial score (nSPS) is 23.6. The van der Waals surface area contributed by atoms with Crippen molar-refractivity contribution in [3.05, 3.63) is 17.5 Å². The van der Waals surface area contributed by atoms with E-state index in [1.807, 2.05) is 6.20 Å². The third-order valence-corrected chi connectivity index (χ3v) is 4.29. The van der Waals surface area contributed by atoms with Gasteiger partial charge in [-0.15, -0.1) is 0 Å². The van der Waals surface area contributed by atoms with E-state index in [1.165, 1.54) is 30.5 Å². The van der Waals surface area contributed by atoms with Crippen LogP contribution in [-0.2, 0) is 12.8 Å². The molecule has 0 spiro atoms. The number of rotatable bonds is 2. The maximum absolute atomic E-state index is 4.69. The molecule has 0 aliphatic heterocycles. The zero-order valence-electron chi connectivity index (χ0n) is 11.7. The van der Waals surface area contributed by atoms with Gasteiger partial charge in [-0.05, 0) is 49.0 Å². The molecule has 1 unspecified atom stereocenters. The summed E-state index contributed by atoms with van der Waals surface area (Å²) in [5.74, 6) is 1.60. The molecule has 0 saturated heterocycles. The first-order chi connectivity index (χ1) is 8.52. The number of nitrogens with one attached hydrogen (secondary N) is 1. The first-order valence-corrected chi connectivity index (χ1v) is 7.14. The molecule has 1 fully saturated rings. The molecule has 1 N–H and O–H groups in total. The van der Waals surface area contributed by atoms with Crippen LogP contribution in [0.3, 0.4) is 0 Å². The van der Waals surface area contributed by atoms with Gasteiger partial charge in [0, 0.05) is 17.9 Å². The average molecular weight is 245 g/mol. The van der Waals surface area contributed by atoms with Crippen LogP contribution in [-0.4, -0.2) is 16.0 Å². The third kappa shape index (κ3) is 2.50. The van der Waals surface area contributed by atoms with Gasteiger partial charge in [0.1, 0.15) is 0 Å². The Morgan fingerprint density at radius 1 is 1.22 bits per heavy atom. The highest BCUT2D eigenvalue weighted by molar-refractivity contribution is 5.33. The Bertz CT molecular complexity index is 444. The summed E-state index contributed by atoms with van der Waals surface area (Å²) >= 11 is 0. The molecule has 2 aliphatic rings. The third-order valence-electron chi connectivity index (χ3n) is 4.29. The van der Waals surface area contributed by atoms with E-state index in [9.17, 15) is 0 Å². The lowest BCUT2D eigenvalue weighted by Crippen LogP contribution is -2.27. The van der Waals surface area contributed by atoms with E-state index in [0.29, 0.717) is 11.5 Å². The molecule has 1 aromatic rings. The average Bonchev–Trinajstić information content (AvgIpc) is 3.11. The van der Waals surface area contributed by atoms with Crippen molar-refractivity contribution in [2.24, 2.45) is 11.3 Å². The van der Waals surface area contributed by atoms with Crippen molar-refractivity contribution in [3.63, 3.8) is 0 Å². The van der Waals surface area contributed by atoms with Gasteiger partial charge in [-0.1, -0.05) is 20.8 Å². The molecule has 3 nitrogen and oxygen atoms in total. The SMILES string of the molecule is CC(C)(C)C1CCc2nc(NC3CC3)ncc2C1. The lowest BCUT2D eigenvalue weighted by molar-refractivity contribution is 0.214. The highest BCUT2D eigenvalue weighted by atomic mass is 15.1. The fraction of sp³-hybridized carbons (Fsp3) is 0.733. The summed E-state index contributed by atoms with van der Waals surface area (Å²) in [6.45, 7) is 7.02. The predicted octanol–water partition coefficient (Wildman–Crippen LogP) is 3.20. The number of aryl methyl sites for hydroxylation is 1. The van der Waals surface area contributed by atoms with Crippen LogP contribution in [0.15, 0.2) is 6.20 Å². The summed E-state index contributed by atoms with van der Waals surface area (Å²) in [7, 11) is 0. The van der Waals surface area contributed by atoms with E-state index in [0.717, 1.165) is 24.7 Å². The van der Waals surface area contributed by atoms with Crippen LogP contribution >= 0.6 is 0 Å². The highest BCUT2D eigenvalue weighted by Gasteiger charge is 2.30. The second-order valence-corrected chi connectivity index (χ2v) is 6.89. The van der Waals surface area contributed by atoms with Crippen molar-refractivity contribution in [2.75, 3.05) is 5.32 Å². The van der Waals surface area contributed by atoms with Crippen molar-refractivity contribution in [1.29, 1.82) is 0 Å². The molecule has 3 heteroatoms. The minimum atomic E-state index is 0.391. The van der Waals surface area contributed by atoms with Gasteiger partial charge < -0.3 is 5.32 Å². The Morgan fingerprint density at radius 3 is 2.67 bits per heavy atom. The Kier molecular flexibility index (Phi) is 2.80. The fourth-order valence-electron chi connectivity index (χ4n) is 2.73. The minimum absolute atomic E-state index is 0.391. The van der Waals surface area contributed by atoms with Crippen LogP contribution in [0.25, 0.3) is 0 Å². The Balaban J connectivity index is 1.76. The first-order valence-electron chi connectivity index (χ1n) is 7.14. The molecule has 1 atom stereocenters. The fourth-order valence-corrected chi connectivity index (χ4v) is 2.73. The molecule has 2 aliphatic carbocycles. The number of nitrogens with zero attached hydrogens (tertiary/aromatic N) is 2. The smallest absolute Gasteiger partial charge is 0.223 e. The van der Waals surface area contributed by atoms with Gasteiger partial charge in [-0.25, -0.2) is 9.97 Å². The lowest BCUT2D eigenvalue weighted by Gasteiger charge is -2.34. The predicted molar refractivity (Wildman–Crippen MR) is 73.6 cm³/mol. The van der Waals surface area contributed by atoms with Gasteiger partial charge >= 0.3 is 0 Å². The summed E-state index contributed by atoms with van der Waals surface area (Å²) in [6.07, 6.45) is 8.10. The van der Waals surface area contributed by atoms with Crippen LogP contribution in [0.4, 0.5) is 5.95 Å². The Labute approximate surface area is 109 Å². The van der Waals surface area contributed by atoms with E-state index < -0.39 is 0 Å². The number of hydrogen-bond donors (Lipinski definition) is 1. The standard InChI is InChI=1S/C15H23N3/c1-15(2,3)11-4-7-13-10(8-11)9-16-14(18-13)17-12-5-6-12/h9,11-12H,4-8H2,1-3H3,(H,16,17,18). The molecule has 18 heavy (non-hydrogen) atoms. The molecule has 98 valence electrons. The number of aromatic nitrogens is 2. The molecular formula is C15H23N3. The molecule has 0 radical (unpaired) electrons. The number of fused-ring (bicyclic) bond motifs is 1. The van der Waals surface area contributed by atoms with Gasteiger partial charge in [-0.2, -0.15) is 0 Å². The monoisotopic (exact) mass is 245 g/mol. The Hall–Kier alpha value is -1.12. The molecule has 0 bridgehead atoms. The van der Waals surface area contributed by atoms with Gasteiger partial charge in [0.2, 0.25) is 5.95 Å². The maximum Gasteiger partial charge on any atom is 0.223 e. The van der Waals surface area contributed by atoms with Gasteiger partial charge in [0.25, 0.3) is 0 Å². The van der Waals surface area contributed by atoms with Crippen LogP contribution in [0.2, 0.25) is 0 Å². The van der Waals surface area contributed by atoms with Crippen LogP contribution in [0.5, 0.6) is 0 Å². The molecule has 3 rings (SSSR count). The minimum Gasteiger partial charge on any atom is -0.351 e. The van der Waals surface area contributed by atoms with Gasteiger partial charge in [0.15, 0.2) is 0 Å². The van der Waals surface area contributed by atoms with E-state index in [-0.39, 0.29) is 0 Å². The van der Waals surface area contributed by atoms with Crippen LogP contribution < -0.4 is 5.32 Å². The van der Waals surface area contributed by atoms with E-state index in [1.54, 1.807) is 0 Å². The molecule has 1 heterocycles. The Morgan fingerprint density at radius 2 is 2.00 bits per heavy atom. The van der Waals surface area contributed by atoms with Crippen LogP contribution in [0, 0.1) is 11.3 Å². The summed E-state index contributed by atoms with van der Waals surface area (Å²) in [5, 5.41) is 3.39. The summed E-state index contributed by atoms with van der Waals surface area (Å²) in [6, 6.07) is 0.633. The number of anilines is 1. The highest BCUT2D eigenvalue weighted by Crippen LogP contribution is 2.36. The topological polar surface area (TPSA) is 37.8 Å². The van der Waals surface area contributed by atoms with Crippen molar-refractivity contribution < 1.29 is 0 Å². The maximum atomic E-state index is 4.69. The summed E-state index contributed by atoms with van der Waals surface area (Å²) in [5.41, 5.74) is 3.03. The largest absolute Gasteiger partial charge is 0.351 e. The van der Waals surface area contributed by atoms with Crippen molar-refractivity contribution >= 4 is 5.95 Å². The molecular weight excluding hydrogens is 222 g/mol. The molecule has 0 amide bonds. The van der Waals surface area contributed by atoms with Crippen molar-refractivity contribution in [3.8, 4) is 0 Å². The molecule has 1 aromatic heterocycles. The zero-order chi connectivity index (χ0) is 12.8. The van der Waals surface area contributed by atoms with Gasteiger partial charge in [0.05, 0.1) is 0 Å². The van der Waals surface area contributed by atoms with Crippen molar-refractivity contribution in [2.45, 2.75) is 58.9 Å². The second-order valence-electron chi connectivity index (χ2n) is 6.89. The summed E-state index contributed by atoms with van der Waals surface area (Å²) in [4.78, 5) is 9.15. The lowest BCUT2D eigenvalue weighted by atomic mass is 9.72. The van der Waals surface area contributed by atoms with Crippen LogP contribution in [0.1, 0.15) is 51.3 Å². The van der Waals surface area contributed by atoms with E-state index in [2.05, 4.69) is 36.1 Å².